The summed E-state index contributed by atoms with van der Waals surface area (Å²) in [5.74, 6) is -1.50. The van der Waals surface area contributed by atoms with E-state index in [1.165, 1.54) is 6.42 Å². The largest absolute Gasteiger partial charge is 0.394 e. The first-order valence-electron chi connectivity index (χ1n) is 11.2. The standard InChI is InChI=1S/C19H12F2N2O.C6H12O2.2C2H2/c20-14-10-15-18(23-19(24)22-15)17(21)16(14)13-8-6-12(7-9-13)11-4-2-1-3-5-11;7-5-6-3-1-2-4-8-6;2*1-2/h1-10H,(H2,22,23,24);6-7H,1-5H2;2*1-2H/t;6-;;/m.0../s1. The third-order valence-corrected chi connectivity index (χ3v) is 5.46. The Balaban J connectivity index is 0.000000320. The number of aromatic nitrogens is 2. The maximum atomic E-state index is 14.6. The normalized spacial score (nSPS) is 14.2. The zero-order chi connectivity index (χ0) is 26.5. The number of fused-ring (bicyclic) bond motifs is 1. The van der Waals surface area contributed by atoms with Crippen LogP contribution in [0.3, 0.4) is 0 Å². The van der Waals surface area contributed by atoms with Gasteiger partial charge in [0.15, 0.2) is 5.82 Å². The minimum Gasteiger partial charge on any atom is -0.394 e. The number of H-pyrrole nitrogens is 2. The summed E-state index contributed by atoms with van der Waals surface area (Å²) >= 11 is 0. The molecule has 2 heterocycles. The molecular formula is C29H28F2N2O3. The molecule has 1 aliphatic rings. The number of terminal acetylenes is 2. The van der Waals surface area contributed by atoms with Gasteiger partial charge in [0.2, 0.25) is 0 Å². The van der Waals surface area contributed by atoms with E-state index in [9.17, 15) is 13.6 Å². The summed E-state index contributed by atoms with van der Waals surface area (Å²) in [6.45, 7) is 1.03. The van der Waals surface area contributed by atoms with Gasteiger partial charge >= 0.3 is 5.69 Å². The van der Waals surface area contributed by atoms with E-state index >= 15 is 0 Å². The van der Waals surface area contributed by atoms with Gasteiger partial charge in [0.05, 0.1) is 23.8 Å². The lowest BCUT2D eigenvalue weighted by atomic mass is 9.99. The summed E-state index contributed by atoms with van der Waals surface area (Å²) in [5, 5.41) is 8.57. The van der Waals surface area contributed by atoms with Gasteiger partial charge in [-0.05, 0) is 36.0 Å². The van der Waals surface area contributed by atoms with Crippen LogP contribution in [0.5, 0.6) is 0 Å². The molecular weight excluding hydrogens is 462 g/mol. The average molecular weight is 491 g/mol. The van der Waals surface area contributed by atoms with Crippen molar-refractivity contribution >= 4 is 11.0 Å². The van der Waals surface area contributed by atoms with E-state index in [0.29, 0.717) is 5.56 Å². The lowest BCUT2D eigenvalue weighted by Gasteiger charge is -2.19. The van der Waals surface area contributed by atoms with Crippen molar-refractivity contribution in [3.63, 3.8) is 0 Å². The predicted molar refractivity (Wildman–Crippen MR) is 140 cm³/mol. The number of imidazole rings is 1. The Labute approximate surface area is 209 Å². The number of aliphatic hydroxyl groups excluding tert-OH is 1. The van der Waals surface area contributed by atoms with E-state index in [2.05, 4.69) is 35.7 Å². The fraction of sp³-hybridized carbons (Fsp3) is 0.207. The molecule has 0 radical (unpaired) electrons. The quantitative estimate of drug-likeness (QED) is 0.331. The number of aromatic amines is 2. The highest BCUT2D eigenvalue weighted by Gasteiger charge is 2.17. The second kappa shape index (κ2) is 14.3. The SMILES string of the molecule is C#C.C#C.O=c1[nH]c2cc(F)c(-c3ccc(-c4ccccc4)cc3)c(F)c2[nH]1.OC[C@@H]1CCCCO1. The first kappa shape index (κ1) is 28.1. The number of hydrogen-bond donors (Lipinski definition) is 3. The van der Waals surface area contributed by atoms with Crippen LogP contribution >= 0.6 is 0 Å². The second-order valence-electron chi connectivity index (χ2n) is 7.66. The van der Waals surface area contributed by atoms with E-state index in [-0.39, 0.29) is 29.3 Å². The van der Waals surface area contributed by atoms with Crippen molar-refractivity contribution in [3.8, 4) is 47.9 Å². The molecule has 1 atom stereocenters. The average Bonchev–Trinajstić information content (AvgIpc) is 3.33. The van der Waals surface area contributed by atoms with Gasteiger partial charge in [-0.3, -0.25) is 0 Å². The Morgan fingerprint density at radius 2 is 1.50 bits per heavy atom. The number of ether oxygens (including phenoxy) is 1. The van der Waals surface area contributed by atoms with E-state index in [1.54, 1.807) is 12.1 Å². The molecule has 186 valence electrons. The minimum absolute atomic E-state index is 0.0245. The van der Waals surface area contributed by atoms with Crippen LogP contribution in [0, 0.1) is 37.3 Å². The fourth-order valence-electron chi connectivity index (χ4n) is 3.78. The molecule has 0 bridgehead atoms. The number of rotatable bonds is 3. The summed E-state index contributed by atoms with van der Waals surface area (Å²) in [5.41, 5.74) is 1.75. The molecule has 7 heteroatoms. The number of halogens is 2. The van der Waals surface area contributed by atoms with Crippen LogP contribution in [0.1, 0.15) is 19.3 Å². The highest BCUT2D eigenvalue weighted by atomic mass is 19.1. The van der Waals surface area contributed by atoms with Gasteiger partial charge < -0.3 is 19.8 Å². The van der Waals surface area contributed by atoms with Gasteiger partial charge in [0, 0.05) is 12.7 Å². The van der Waals surface area contributed by atoms with Crippen LogP contribution in [0.25, 0.3) is 33.3 Å². The van der Waals surface area contributed by atoms with E-state index in [4.69, 9.17) is 9.84 Å². The maximum absolute atomic E-state index is 14.6. The van der Waals surface area contributed by atoms with Crippen LogP contribution in [0.15, 0.2) is 65.5 Å². The lowest BCUT2D eigenvalue weighted by Crippen LogP contribution is -2.22. The molecule has 0 aliphatic carbocycles. The molecule has 4 aromatic rings. The highest BCUT2D eigenvalue weighted by molar-refractivity contribution is 5.83. The maximum Gasteiger partial charge on any atom is 0.323 e. The van der Waals surface area contributed by atoms with E-state index in [1.807, 2.05) is 42.5 Å². The van der Waals surface area contributed by atoms with Crippen molar-refractivity contribution in [2.45, 2.75) is 25.4 Å². The summed E-state index contributed by atoms with van der Waals surface area (Å²) < 4.78 is 34.1. The van der Waals surface area contributed by atoms with Crippen molar-refractivity contribution in [3.05, 3.63) is 82.8 Å². The van der Waals surface area contributed by atoms with Crippen molar-refractivity contribution in [2.75, 3.05) is 13.2 Å². The number of hydrogen-bond acceptors (Lipinski definition) is 3. The van der Waals surface area contributed by atoms with Gasteiger partial charge in [-0.2, -0.15) is 0 Å². The topological polar surface area (TPSA) is 78.1 Å². The first-order chi connectivity index (χ1) is 17.6. The third kappa shape index (κ3) is 6.93. The van der Waals surface area contributed by atoms with Crippen LogP contribution < -0.4 is 5.69 Å². The molecule has 3 aromatic carbocycles. The van der Waals surface area contributed by atoms with Crippen molar-refractivity contribution in [1.29, 1.82) is 0 Å². The fourth-order valence-corrected chi connectivity index (χ4v) is 3.78. The molecule has 0 amide bonds. The smallest absolute Gasteiger partial charge is 0.323 e. The van der Waals surface area contributed by atoms with Gasteiger partial charge in [0.1, 0.15) is 11.3 Å². The molecule has 3 N–H and O–H groups in total. The molecule has 1 aliphatic heterocycles. The van der Waals surface area contributed by atoms with Gasteiger partial charge in [-0.15, -0.1) is 25.7 Å². The summed E-state index contributed by atoms with van der Waals surface area (Å²) in [4.78, 5) is 16.0. The summed E-state index contributed by atoms with van der Waals surface area (Å²) in [6.07, 6.45) is 19.6. The van der Waals surface area contributed by atoms with E-state index in [0.717, 1.165) is 36.6 Å². The molecule has 0 saturated carbocycles. The molecule has 1 saturated heterocycles. The molecule has 0 spiro atoms. The first-order valence-corrected chi connectivity index (χ1v) is 11.2. The monoisotopic (exact) mass is 490 g/mol. The van der Waals surface area contributed by atoms with Crippen LogP contribution in [-0.2, 0) is 4.74 Å². The van der Waals surface area contributed by atoms with Crippen molar-refractivity contribution in [2.24, 2.45) is 0 Å². The third-order valence-electron chi connectivity index (χ3n) is 5.46. The van der Waals surface area contributed by atoms with Crippen molar-refractivity contribution in [1.82, 2.24) is 9.97 Å². The molecule has 5 rings (SSSR count). The summed E-state index contributed by atoms with van der Waals surface area (Å²) in [6, 6.07) is 17.8. The van der Waals surface area contributed by atoms with Gasteiger partial charge in [0.25, 0.3) is 0 Å². The molecule has 1 aromatic heterocycles. The molecule has 5 nitrogen and oxygen atoms in total. The number of benzene rings is 3. The van der Waals surface area contributed by atoms with Crippen LogP contribution in [0.2, 0.25) is 0 Å². The van der Waals surface area contributed by atoms with Crippen LogP contribution in [0.4, 0.5) is 8.78 Å². The Kier molecular flexibility index (Phi) is 11.1. The molecule has 36 heavy (non-hydrogen) atoms. The zero-order valence-corrected chi connectivity index (χ0v) is 19.7. The van der Waals surface area contributed by atoms with Crippen LogP contribution in [-0.4, -0.2) is 34.4 Å². The second-order valence-corrected chi connectivity index (χ2v) is 7.66. The van der Waals surface area contributed by atoms with Crippen molar-refractivity contribution < 1.29 is 18.6 Å². The highest BCUT2D eigenvalue weighted by Crippen LogP contribution is 2.31. The lowest BCUT2D eigenvalue weighted by molar-refractivity contribution is -0.0172. The molecule has 1 fully saturated rings. The Morgan fingerprint density at radius 3 is 2.06 bits per heavy atom. The Hall–Kier alpha value is -4.17. The summed E-state index contributed by atoms with van der Waals surface area (Å²) in [7, 11) is 0. The van der Waals surface area contributed by atoms with Gasteiger partial charge in [-0.25, -0.2) is 13.6 Å². The molecule has 0 unspecified atom stereocenters. The Bertz CT molecular complexity index is 1310. The minimum atomic E-state index is -0.782. The number of aliphatic hydroxyl groups is 1. The Morgan fingerprint density at radius 1 is 0.889 bits per heavy atom. The van der Waals surface area contributed by atoms with E-state index < -0.39 is 17.3 Å². The van der Waals surface area contributed by atoms with Gasteiger partial charge in [-0.1, -0.05) is 54.6 Å². The number of nitrogens with one attached hydrogen (secondary N) is 2. The zero-order valence-electron chi connectivity index (χ0n) is 19.7. The predicted octanol–water partition coefficient (Wildman–Crippen LogP) is 5.52.